The lowest BCUT2D eigenvalue weighted by Gasteiger charge is -2.17. The summed E-state index contributed by atoms with van der Waals surface area (Å²) in [5, 5.41) is 3.61. The number of pyridine rings is 1. The molecule has 3 N–H and O–H groups in total. The zero-order chi connectivity index (χ0) is 15.4. The van der Waals surface area contributed by atoms with E-state index in [1.165, 1.54) is 0 Å². The molecule has 1 atom stereocenters. The number of nitrogens with two attached hydrogens (primary N) is 1. The predicted octanol–water partition coefficient (Wildman–Crippen LogP) is 1.86. The number of carbonyl (C=O) groups excluding carboxylic acids is 2. The number of nitrogens with one attached hydrogen (secondary N) is 1. The maximum atomic E-state index is 12.2. The molecule has 1 aromatic heterocycles. The average molecular weight is 285 g/mol. The Morgan fingerprint density at radius 3 is 2.57 bits per heavy atom. The van der Waals surface area contributed by atoms with Crippen molar-refractivity contribution in [1.82, 2.24) is 10.3 Å². The fourth-order valence-electron chi connectivity index (χ4n) is 2.14. The molecule has 2 rings (SSSR count). The summed E-state index contributed by atoms with van der Waals surface area (Å²) in [6.45, 7) is 3.94. The third kappa shape index (κ3) is 3.78. The van der Waals surface area contributed by atoms with Gasteiger partial charge in [-0.05, 0) is 24.5 Å². The molecule has 2 aromatic rings. The fourth-order valence-corrected chi connectivity index (χ4v) is 2.14. The van der Waals surface area contributed by atoms with Crippen molar-refractivity contribution in [3.8, 4) is 0 Å². The first-order valence-corrected chi connectivity index (χ1v) is 6.93. The number of rotatable bonds is 5. The molecule has 1 heterocycles. The Kier molecular flexibility index (Phi) is 4.52. The molecule has 0 bridgehead atoms. The number of primary amides is 1. The molecule has 21 heavy (non-hydrogen) atoms. The molecular formula is C16H19N3O2. The zero-order valence-corrected chi connectivity index (χ0v) is 12.2. The maximum absolute atomic E-state index is 12.2. The lowest BCUT2D eigenvalue weighted by Crippen LogP contribution is -2.45. The second-order valence-corrected chi connectivity index (χ2v) is 5.45. The van der Waals surface area contributed by atoms with Gasteiger partial charge in [0.2, 0.25) is 5.91 Å². The molecule has 1 aromatic carbocycles. The quantitative estimate of drug-likeness (QED) is 0.879. The molecule has 0 aliphatic heterocycles. The Morgan fingerprint density at radius 2 is 1.90 bits per heavy atom. The van der Waals surface area contributed by atoms with Crippen molar-refractivity contribution in [2.24, 2.45) is 11.7 Å². The molecule has 0 saturated carbocycles. The van der Waals surface area contributed by atoms with Crippen LogP contribution >= 0.6 is 0 Å². The number of amides is 2. The van der Waals surface area contributed by atoms with Gasteiger partial charge in [0.15, 0.2) is 0 Å². The lowest BCUT2D eigenvalue weighted by atomic mass is 10.0. The van der Waals surface area contributed by atoms with E-state index in [1.54, 1.807) is 6.07 Å². The van der Waals surface area contributed by atoms with Gasteiger partial charge in [0.05, 0.1) is 5.52 Å². The summed E-state index contributed by atoms with van der Waals surface area (Å²) in [4.78, 5) is 27.9. The number of carbonyl (C=O) groups is 2. The van der Waals surface area contributed by atoms with Crippen LogP contribution in [-0.4, -0.2) is 22.8 Å². The van der Waals surface area contributed by atoms with E-state index >= 15 is 0 Å². The van der Waals surface area contributed by atoms with Crippen LogP contribution in [0.1, 0.15) is 30.8 Å². The second-order valence-electron chi connectivity index (χ2n) is 5.45. The van der Waals surface area contributed by atoms with E-state index in [0.717, 1.165) is 10.9 Å². The van der Waals surface area contributed by atoms with Crippen LogP contribution in [0.5, 0.6) is 0 Å². The van der Waals surface area contributed by atoms with E-state index in [9.17, 15) is 9.59 Å². The van der Waals surface area contributed by atoms with Gasteiger partial charge in [-0.3, -0.25) is 9.59 Å². The van der Waals surface area contributed by atoms with Gasteiger partial charge in [-0.25, -0.2) is 4.98 Å². The third-order valence-corrected chi connectivity index (χ3v) is 3.19. The molecule has 5 nitrogen and oxygen atoms in total. The van der Waals surface area contributed by atoms with Crippen molar-refractivity contribution in [2.75, 3.05) is 0 Å². The normalized spacial score (nSPS) is 12.3. The molecular weight excluding hydrogens is 266 g/mol. The van der Waals surface area contributed by atoms with Crippen LogP contribution in [0.25, 0.3) is 10.9 Å². The van der Waals surface area contributed by atoms with Crippen LogP contribution in [0.15, 0.2) is 36.4 Å². The highest BCUT2D eigenvalue weighted by molar-refractivity contribution is 5.97. The summed E-state index contributed by atoms with van der Waals surface area (Å²) in [6.07, 6.45) is 0.509. The van der Waals surface area contributed by atoms with E-state index in [2.05, 4.69) is 10.3 Å². The van der Waals surface area contributed by atoms with E-state index in [-0.39, 0.29) is 17.5 Å². The zero-order valence-electron chi connectivity index (χ0n) is 12.2. The molecule has 0 saturated heterocycles. The van der Waals surface area contributed by atoms with Gasteiger partial charge in [-0.1, -0.05) is 38.1 Å². The van der Waals surface area contributed by atoms with Gasteiger partial charge in [0.1, 0.15) is 11.7 Å². The first kappa shape index (κ1) is 15.0. The van der Waals surface area contributed by atoms with Crippen LogP contribution in [0.4, 0.5) is 0 Å². The van der Waals surface area contributed by atoms with Crippen molar-refractivity contribution in [1.29, 1.82) is 0 Å². The summed E-state index contributed by atoms with van der Waals surface area (Å²) >= 11 is 0. The molecule has 0 unspecified atom stereocenters. The Hall–Kier alpha value is -2.43. The highest BCUT2D eigenvalue weighted by Gasteiger charge is 2.20. The summed E-state index contributed by atoms with van der Waals surface area (Å²) in [6, 6.07) is 10.3. The molecule has 0 radical (unpaired) electrons. The molecule has 0 aliphatic carbocycles. The van der Waals surface area contributed by atoms with Crippen molar-refractivity contribution in [3.63, 3.8) is 0 Å². The van der Waals surface area contributed by atoms with Gasteiger partial charge in [-0.2, -0.15) is 0 Å². The number of aromatic nitrogens is 1. The van der Waals surface area contributed by atoms with Gasteiger partial charge in [0, 0.05) is 5.39 Å². The van der Waals surface area contributed by atoms with E-state index in [1.807, 2.05) is 44.2 Å². The summed E-state index contributed by atoms with van der Waals surface area (Å²) in [5.74, 6) is -0.657. The van der Waals surface area contributed by atoms with Gasteiger partial charge in [0.25, 0.3) is 5.91 Å². The van der Waals surface area contributed by atoms with Crippen molar-refractivity contribution >= 4 is 22.7 Å². The van der Waals surface area contributed by atoms with Crippen LogP contribution in [-0.2, 0) is 4.79 Å². The first-order valence-electron chi connectivity index (χ1n) is 6.93. The maximum Gasteiger partial charge on any atom is 0.270 e. The SMILES string of the molecule is CC(C)C[C@H](NC(=O)c1ccc2ccccc2n1)C(N)=O. The van der Waals surface area contributed by atoms with Crippen LogP contribution < -0.4 is 11.1 Å². The first-order chi connectivity index (χ1) is 9.97. The molecule has 110 valence electrons. The fraction of sp³-hybridized carbons (Fsp3) is 0.312. The number of para-hydroxylation sites is 1. The summed E-state index contributed by atoms with van der Waals surface area (Å²) in [7, 11) is 0. The Bertz CT molecular complexity index is 667. The van der Waals surface area contributed by atoms with E-state index in [4.69, 9.17) is 5.73 Å². The van der Waals surface area contributed by atoms with Crippen LogP contribution in [0, 0.1) is 5.92 Å². The van der Waals surface area contributed by atoms with Crippen LogP contribution in [0.2, 0.25) is 0 Å². The van der Waals surface area contributed by atoms with E-state index < -0.39 is 11.9 Å². The van der Waals surface area contributed by atoms with Gasteiger partial charge >= 0.3 is 0 Å². The number of nitrogens with zero attached hydrogens (tertiary/aromatic N) is 1. The summed E-state index contributed by atoms with van der Waals surface area (Å²) < 4.78 is 0. The Morgan fingerprint density at radius 1 is 1.19 bits per heavy atom. The van der Waals surface area contributed by atoms with E-state index in [0.29, 0.717) is 6.42 Å². The minimum Gasteiger partial charge on any atom is -0.368 e. The number of benzene rings is 1. The standard InChI is InChI=1S/C16H19N3O2/c1-10(2)9-14(15(17)20)19-16(21)13-8-7-11-5-3-4-6-12(11)18-13/h3-8,10,14H,9H2,1-2H3,(H2,17,20)(H,19,21)/t14-/m0/s1. The predicted molar refractivity (Wildman–Crippen MR) is 81.6 cm³/mol. The Balaban J connectivity index is 2.19. The lowest BCUT2D eigenvalue weighted by molar-refractivity contribution is -0.120. The minimum atomic E-state index is -0.675. The highest BCUT2D eigenvalue weighted by Crippen LogP contribution is 2.12. The largest absolute Gasteiger partial charge is 0.368 e. The monoisotopic (exact) mass is 285 g/mol. The van der Waals surface area contributed by atoms with Crippen molar-refractivity contribution < 1.29 is 9.59 Å². The van der Waals surface area contributed by atoms with Gasteiger partial charge in [-0.15, -0.1) is 0 Å². The smallest absolute Gasteiger partial charge is 0.270 e. The highest BCUT2D eigenvalue weighted by atomic mass is 16.2. The molecule has 2 amide bonds. The molecule has 5 heteroatoms. The Labute approximate surface area is 123 Å². The second kappa shape index (κ2) is 6.35. The number of hydrogen-bond acceptors (Lipinski definition) is 3. The molecule has 0 spiro atoms. The van der Waals surface area contributed by atoms with Crippen molar-refractivity contribution in [3.05, 3.63) is 42.1 Å². The molecule has 0 fully saturated rings. The topological polar surface area (TPSA) is 85.1 Å². The van der Waals surface area contributed by atoms with Gasteiger partial charge < -0.3 is 11.1 Å². The average Bonchev–Trinajstić information content (AvgIpc) is 2.45. The number of hydrogen-bond donors (Lipinski definition) is 2. The summed E-state index contributed by atoms with van der Waals surface area (Å²) in [5.41, 5.74) is 6.35. The van der Waals surface area contributed by atoms with Crippen molar-refractivity contribution in [2.45, 2.75) is 26.3 Å². The third-order valence-electron chi connectivity index (χ3n) is 3.19. The van der Waals surface area contributed by atoms with Crippen LogP contribution in [0.3, 0.4) is 0 Å². The number of fused-ring (bicyclic) bond motifs is 1. The minimum absolute atomic E-state index is 0.257. The molecule has 0 aliphatic rings.